The Morgan fingerprint density at radius 2 is 1.81 bits per heavy atom. The largest absolute Gasteiger partial charge is 0.482 e. The highest BCUT2D eigenvalue weighted by Crippen LogP contribution is 2.27. The zero-order chi connectivity index (χ0) is 19.3. The molecular weight excluding hydrogens is 423 g/mol. The number of carboxylic acids is 1. The molecule has 1 amide bonds. The lowest BCUT2D eigenvalue weighted by molar-refractivity contribution is -0.121. The van der Waals surface area contributed by atoms with Crippen LogP contribution in [-0.2, 0) is 4.79 Å². The van der Waals surface area contributed by atoms with E-state index in [0.29, 0.717) is 10.8 Å². The maximum absolute atomic E-state index is 11.9. The van der Waals surface area contributed by atoms with Gasteiger partial charge in [0.1, 0.15) is 5.75 Å². The molecule has 0 aliphatic rings. The number of carboxylic acid groups (broad SMARTS) is 1. The van der Waals surface area contributed by atoms with Crippen molar-refractivity contribution in [2.24, 2.45) is 0 Å². The van der Waals surface area contributed by atoms with Crippen LogP contribution in [-0.4, -0.2) is 28.7 Å². The molecule has 2 aromatic carbocycles. The summed E-state index contributed by atoms with van der Waals surface area (Å²) in [6.45, 7) is -0.341. The molecule has 0 aliphatic heterocycles. The summed E-state index contributed by atoms with van der Waals surface area (Å²) in [5.74, 6) is -1.37. The smallest absolute Gasteiger partial charge is 0.335 e. The average Bonchev–Trinajstić information content (AvgIpc) is 2.55. The van der Waals surface area contributed by atoms with Crippen molar-refractivity contribution in [1.29, 1.82) is 0 Å². The molecule has 0 aromatic heterocycles. The lowest BCUT2D eigenvalue weighted by Gasteiger charge is -2.12. The Morgan fingerprint density at radius 3 is 2.46 bits per heavy atom. The number of carbonyl (C=O) groups is 2. The van der Waals surface area contributed by atoms with Crippen LogP contribution in [0.15, 0.2) is 36.4 Å². The second kappa shape index (κ2) is 9.05. The zero-order valence-corrected chi connectivity index (χ0v) is 16.0. The molecular formula is C16H11Cl3N2O4S. The summed E-state index contributed by atoms with van der Waals surface area (Å²) in [5, 5.41) is 14.9. The lowest BCUT2D eigenvalue weighted by Crippen LogP contribution is -2.37. The van der Waals surface area contributed by atoms with E-state index in [2.05, 4.69) is 10.6 Å². The Kier molecular flexibility index (Phi) is 7.05. The number of nitrogens with one attached hydrogen (secondary N) is 2. The molecule has 0 bridgehead atoms. The second-order valence-electron chi connectivity index (χ2n) is 4.87. The predicted molar refractivity (Wildman–Crippen MR) is 105 cm³/mol. The van der Waals surface area contributed by atoms with Gasteiger partial charge in [-0.2, -0.15) is 0 Å². The van der Waals surface area contributed by atoms with Gasteiger partial charge in [-0.05, 0) is 48.6 Å². The van der Waals surface area contributed by atoms with Crippen molar-refractivity contribution in [2.45, 2.75) is 0 Å². The average molecular weight is 434 g/mol. The van der Waals surface area contributed by atoms with Gasteiger partial charge < -0.3 is 15.2 Å². The molecule has 3 N–H and O–H groups in total. The van der Waals surface area contributed by atoms with Crippen LogP contribution in [0.4, 0.5) is 5.69 Å². The number of hydrogen-bond donors (Lipinski definition) is 3. The van der Waals surface area contributed by atoms with Crippen molar-refractivity contribution < 1.29 is 19.4 Å². The lowest BCUT2D eigenvalue weighted by atomic mass is 10.2. The predicted octanol–water partition coefficient (Wildman–Crippen LogP) is 4.24. The number of carbonyl (C=O) groups excluding carboxylic acids is 1. The fourth-order valence-electron chi connectivity index (χ4n) is 1.81. The summed E-state index contributed by atoms with van der Waals surface area (Å²) in [4.78, 5) is 22.9. The maximum Gasteiger partial charge on any atom is 0.335 e. The van der Waals surface area contributed by atoms with Gasteiger partial charge in [0.05, 0.1) is 21.3 Å². The Bertz CT molecular complexity index is 877. The third-order valence-electron chi connectivity index (χ3n) is 2.97. The number of ether oxygens (including phenoxy) is 1. The first-order valence-corrected chi connectivity index (χ1v) is 8.52. The standard InChI is InChI=1S/C16H11Cl3N2O4S/c17-9-2-4-13(11(19)6-9)25-7-14(22)21-16(26)20-12-5-8(15(23)24)1-3-10(12)18/h1-6H,7H2,(H,23,24)(H2,20,21,22,26). The number of aromatic carboxylic acids is 1. The van der Waals surface area contributed by atoms with Gasteiger partial charge in [0.25, 0.3) is 5.91 Å². The molecule has 2 aromatic rings. The molecule has 0 fully saturated rings. The van der Waals surface area contributed by atoms with Crippen LogP contribution >= 0.6 is 47.0 Å². The monoisotopic (exact) mass is 432 g/mol. The van der Waals surface area contributed by atoms with Crippen molar-refractivity contribution in [1.82, 2.24) is 5.32 Å². The van der Waals surface area contributed by atoms with Crippen molar-refractivity contribution >= 4 is 69.7 Å². The van der Waals surface area contributed by atoms with Crippen molar-refractivity contribution in [2.75, 3.05) is 11.9 Å². The molecule has 0 aliphatic carbocycles. The molecule has 0 unspecified atom stereocenters. The van der Waals surface area contributed by atoms with E-state index in [4.69, 9.17) is 56.9 Å². The van der Waals surface area contributed by atoms with Gasteiger partial charge in [0.2, 0.25) is 0 Å². The number of benzene rings is 2. The first-order valence-electron chi connectivity index (χ1n) is 6.98. The molecule has 0 heterocycles. The van der Waals surface area contributed by atoms with Gasteiger partial charge >= 0.3 is 5.97 Å². The van der Waals surface area contributed by atoms with Gasteiger partial charge in [0, 0.05) is 5.02 Å². The Balaban J connectivity index is 1.92. The SMILES string of the molecule is O=C(COc1ccc(Cl)cc1Cl)NC(=S)Nc1cc(C(=O)O)ccc1Cl. The second-order valence-corrected chi connectivity index (χ2v) is 6.52. The van der Waals surface area contributed by atoms with Crippen LogP contribution in [0.2, 0.25) is 15.1 Å². The highest BCUT2D eigenvalue weighted by molar-refractivity contribution is 7.80. The van der Waals surface area contributed by atoms with E-state index in [1.807, 2.05) is 0 Å². The third kappa shape index (κ3) is 5.74. The number of halogens is 3. The minimum atomic E-state index is -1.12. The molecule has 0 spiro atoms. The number of hydrogen-bond acceptors (Lipinski definition) is 4. The summed E-state index contributed by atoms with van der Waals surface area (Å²) in [7, 11) is 0. The van der Waals surface area contributed by atoms with Crippen molar-refractivity contribution in [3.05, 3.63) is 57.0 Å². The van der Waals surface area contributed by atoms with E-state index < -0.39 is 11.9 Å². The molecule has 136 valence electrons. The number of thiocarbonyl (C=S) groups is 1. The number of amides is 1. The third-order valence-corrected chi connectivity index (χ3v) is 4.03. The summed E-state index contributed by atoms with van der Waals surface area (Å²) < 4.78 is 5.29. The van der Waals surface area contributed by atoms with E-state index in [-0.39, 0.29) is 33.0 Å². The minimum Gasteiger partial charge on any atom is -0.482 e. The Morgan fingerprint density at radius 1 is 1.08 bits per heavy atom. The van der Waals surface area contributed by atoms with E-state index in [0.717, 1.165) is 0 Å². The summed E-state index contributed by atoms with van der Waals surface area (Å²) in [6, 6.07) is 8.65. The van der Waals surface area contributed by atoms with E-state index in [1.165, 1.54) is 30.3 Å². The first-order chi connectivity index (χ1) is 12.3. The highest BCUT2D eigenvalue weighted by atomic mass is 35.5. The summed E-state index contributed by atoms with van der Waals surface area (Å²) >= 11 is 22.7. The van der Waals surface area contributed by atoms with Gasteiger partial charge in [-0.3, -0.25) is 10.1 Å². The van der Waals surface area contributed by atoms with Crippen LogP contribution in [0, 0.1) is 0 Å². The van der Waals surface area contributed by atoms with E-state index in [9.17, 15) is 9.59 Å². The summed E-state index contributed by atoms with van der Waals surface area (Å²) in [5.41, 5.74) is 0.269. The van der Waals surface area contributed by atoms with Gasteiger partial charge in [-0.25, -0.2) is 4.79 Å². The Hall–Kier alpha value is -2.06. The van der Waals surface area contributed by atoms with Crippen LogP contribution in [0.5, 0.6) is 5.75 Å². The van der Waals surface area contributed by atoms with Crippen LogP contribution in [0.25, 0.3) is 0 Å². The maximum atomic E-state index is 11.9. The number of anilines is 1. The zero-order valence-electron chi connectivity index (χ0n) is 12.9. The normalized spacial score (nSPS) is 10.1. The molecule has 2 rings (SSSR count). The van der Waals surface area contributed by atoms with Crippen molar-refractivity contribution in [3.63, 3.8) is 0 Å². The molecule has 0 radical (unpaired) electrons. The molecule has 0 saturated carbocycles. The molecule has 6 nitrogen and oxygen atoms in total. The highest BCUT2D eigenvalue weighted by Gasteiger charge is 2.11. The quantitative estimate of drug-likeness (QED) is 0.611. The van der Waals surface area contributed by atoms with Gasteiger partial charge in [-0.15, -0.1) is 0 Å². The topological polar surface area (TPSA) is 87.7 Å². The summed E-state index contributed by atoms with van der Waals surface area (Å²) in [6.07, 6.45) is 0. The molecule has 0 saturated heterocycles. The van der Waals surface area contributed by atoms with E-state index in [1.54, 1.807) is 6.07 Å². The first kappa shape index (κ1) is 20.3. The Labute approximate surface area is 169 Å². The van der Waals surface area contributed by atoms with Crippen molar-refractivity contribution in [3.8, 4) is 5.75 Å². The van der Waals surface area contributed by atoms with Gasteiger partial charge in [0.15, 0.2) is 11.7 Å². The minimum absolute atomic E-state index is 0.0201. The van der Waals surface area contributed by atoms with Crippen LogP contribution < -0.4 is 15.4 Å². The van der Waals surface area contributed by atoms with Crippen LogP contribution in [0.3, 0.4) is 0 Å². The van der Waals surface area contributed by atoms with Gasteiger partial charge in [-0.1, -0.05) is 34.8 Å². The fourth-order valence-corrected chi connectivity index (χ4v) is 2.66. The molecule has 10 heteroatoms. The number of rotatable bonds is 5. The molecule has 0 atom stereocenters. The van der Waals surface area contributed by atoms with E-state index >= 15 is 0 Å². The van der Waals surface area contributed by atoms with Crippen LogP contribution in [0.1, 0.15) is 10.4 Å². The molecule has 26 heavy (non-hydrogen) atoms. The fraction of sp³-hybridized carbons (Fsp3) is 0.0625.